The summed E-state index contributed by atoms with van der Waals surface area (Å²) in [7, 11) is -3.40. The van der Waals surface area contributed by atoms with E-state index in [-0.39, 0.29) is 30.5 Å². The molecule has 0 spiro atoms. The standard InChI is InChI=1S/C13H16ClNO4S/c1-2-19-9-13(16)15-7-12(8-15)20(17,18)11-5-3-10(14)4-6-11/h3-6,12H,2,7-9H2,1H3. The molecule has 2 rings (SSSR count). The van der Waals surface area contributed by atoms with E-state index >= 15 is 0 Å². The number of rotatable bonds is 5. The Balaban J connectivity index is 1.97. The van der Waals surface area contributed by atoms with Crippen molar-refractivity contribution in [3.05, 3.63) is 29.3 Å². The van der Waals surface area contributed by atoms with Gasteiger partial charge >= 0.3 is 0 Å². The van der Waals surface area contributed by atoms with Crippen LogP contribution in [0.5, 0.6) is 0 Å². The molecule has 0 radical (unpaired) electrons. The van der Waals surface area contributed by atoms with Gasteiger partial charge in [0.25, 0.3) is 0 Å². The van der Waals surface area contributed by atoms with Crippen LogP contribution in [0.3, 0.4) is 0 Å². The van der Waals surface area contributed by atoms with E-state index in [9.17, 15) is 13.2 Å². The van der Waals surface area contributed by atoms with Gasteiger partial charge in [-0.1, -0.05) is 11.6 Å². The molecule has 1 aliphatic rings. The predicted molar refractivity (Wildman–Crippen MR) is 75.5 cm³/mol. The first kappa shape index (κ1) is 15.3. The second-order valence-corrected chi connectivity index (χ2v) is 7.22. The Hall–Kier alpha value is -1.11. The molecule has 1 amide bonds. The molecule has 1 aromatic rings. The Labute approximate surface area is 123 Å². The molecule has 5 nitrogen and oxygen atoms in total. The first-order valence-corrected chi connectivity index (χ1v) is 8.22. The molecule has 0 unspecified atom stereocenters. The number of ether oxygens (including phenoxy) is 1. The third-order valence-corrected chi connectivity index (χ3v) is 5.57. The fraction of sp³-hybridized carbons (Fsp3) is 0.462. The van der Waals surface area contributed by atoms with E-state index < -0.39 is 15.1 Å². The molecule has 1 aliphatic heterocycles. The van der Waals surface area contributed by atoms with Crippen molar-refractivity contribution in [2.24, 2.45) is 0 Å². The van der Waals surface area contributed by atoms with E-state index in [1.807, 2.05) is 0 Å². The third-order valence-electron chi connectivity index (χ3n) is 3.21. The number of halogens is 1. The highest BCUT2D eigenvalue weighted by Crippen LogP contribution is 2.24. The maximum absolute atomic E-state index is 12.3. The molecule has 110 valence electrons. The zero-order chi connectivity index (χ0) is 14.8. The van der Waals surface area contributed by atoms with Gasteiger partial charge < -0.3 is 9.64 Å². The van der Waals surface area contributed by atoms with Crippen molar-refractivity contribution in [1.82, 2.24) is 4.90 Å². The molecule has 0 aliphatic carbocycles. The lowest BCUT2D eigenvalue weighted by Crippen LogP contribution is -2.57. The van der Waals surface area contributed by atoms with Crippen molar-refractivity contribution in [3.8, 4) is 0 Å². The van der Waals surface area contributed by atoms with Crippen LogP contribution in [-0.2, 0) is 19.4 Å². The number of nitrogens with zero attached hydrogens (tertiary/aromatic N) is 1. The van der Waals surface area contributed by atoms with Crippen LogP contribution >= 0.6 is 11.6 Å². The molecule has 1 aromatic carbocycles. The molecular formula is C13H16ClNO4S. The van der Waals surface area contributed by atoms with E-state index in [0.717, 1.165) is 0 Å². The lowest BCUT2D eigenvalue weighted by Gasteiger charge is -2.38. The monoisotopic (exact) mass is 317 g/mol. The first-order valence-electron chi connectivity index (χ1n) is 6.30. The topological polar surface area (TPSA) is 63.7 Å². The van der Waals surface area contributed by atoms with Crippen LogP contribution in [0.25, 0.3) is 0 Å². The van der Waals surface area contributed by atoms with Crippen LogP contribution < -0.4 is 0 Å². The van der Waals surface area contributed by atoms with Gasteiger partial charge in [-0.2, -0.15) is 0 Å². The number of hydrogen-bond acceptors (Lipinski definition) is 4. The van der Waals surface area contributed by atoms with Crippen molar-refractivity contribution in [1.29, 1.82) is 0 Å². The SMILES string of the molecule is CCOCC(=O)N1CC(S(=O)(=O)c2ccc(Cl)cc2)C1. The van der Waals surface area contributed by atoms with Crippen molar-refractivity contribution in [3.63, 3.8) is 0 Å². The number of sulfone groups is 1. The summed E-state index contributed by atoms with van der Waals surface area (Å²) < 4.78 is 29.6. The van der Waals surface area contributed by atoms with Crippen LogP contribution in [0.4, 0.5) is 0 Å². The molecule has 1 fully saturated rings. The second-order valence-electron chi connectivity index (χ2n) is 4.56. The van der Waals surface area contributed by atoms with Gasteiger partial charge in [0.05, 0.1) is 4.90 Å². The largest absolute Gasteiger partial charge is 0.372 e. The van der Waals surface area contributed by atoms with Crippen LogP contribution in [0, 0.1) is 0 Å². The quantitative estimate of drug-likeness (QED) is 0.822. The van der Waals surface area contributed by atoms with Crippen LogP contribution in [0.2, 0.25) is 5.02 Å². The van der Waals surface area contributed by atoms with E-state index in [0.29, 0.717) is 11.6 Å². The molecule has 1 saturated heterocycles. The summed E-state index contributed by atoms with van der Waals surface area (Å²) in [5.74, 6) is -0.172. The van der Waals surface area contributed by atoms with Crippen molar-refractivity contribution in [2.75, 3.05) is 26.3 Å². The minimum Gasteiger partial charge on any atom is -0.372 e. The number of carbonyl (C=O) groups excluding carboxylic acids is 1. The van der Waals surface area contributed by atoms with Gasteiger partial charge in [0.2, 0.25) is 5.91 Å². The number of amides is 1. The molecule has 0 saturated carbocycles. The zero-order valence-electron chi connectivity index (χ0n) is 11.1. The van der Waals surface area contributed by atoms with Crippen molar-refractivity contribution >= 4 is 27.3 Å². The van der Waals surface area contributed by atoms with Gasteiger partial charge in [-0.15, -0.1) is 0 Å². The number of hydrogen-bond donors (Lipinski definition) is 0. The zero-order valence-corrected chi connectivity index (χ0v) is 12.7. The molecule has 0 aromatic heterocycles. The Kier molecular flexibility index (Phi) is 4.67. The van der Waals surface area contributed by atoms with Crippen LogP contribution in [-0.4, -0.2) is 50.8 Å². The molecule has 20 heavy (non-hydrogen) atoms. The lowest BCUT2D eigenvalue weighted by atomic mass is 10.2. The van der Waals surface area contributed by atoms with E-state index in [1.54, 1.807) is 19.1 Å². The van der Waals surface area contributed by atoms with Gasteiger partial charge in [-0.05, 0) is 31.2 Å². The lowest BCUT2D eigenvalue weighted by molar-refractivity contribution is -0.139. The molecule has 0 bridgehead atoms. The average Bonchev–Trinajstić information content (AvgIpc) is 2.34. The molecular weight excluding hydrogens is 302 g/mol. The summed E-state index contributed by atoms with van der Waals surface area (Å²) in [5, 5.41) is -0.0552. The summed E-state index contributed by atoms with van der Waals surface area (Å²) in [4.78, 5) is 13.4. The molecule has 0 atom stereocenters. The summed E-state index contributed by atoms with van der Waals surface area (Å²) in [6, 6.07) is 6.07. The Morgan fingerprint density at radius 2 is 1.95 bits per heavy atom. The Morgan fingerprint density at radius 1 is 1.35 bits per heavy atom. The normalized spacial score (nSPS) is 16.0. The maximum atomic E-state index is 12.3. The van der Waals surface area contributed by atoms with E-state index in [2.05, 4.69) is 0 Å². The fourth-order valence-corrected chi connectivity index (χ4v) is 3.71. The Bertz CT molecular complexity index is 579. The minimum atomic E-state index is -3.40. The average molecular weight is 318 g/mol. The highest BCUT2D eigenvalue weighted by molar-refractivity contribution is 7.92. The van der Waals surface area contributed by atoms with Gasteiger partial charge in [0.15, 0.2) is 9.84 Å². The molecule has 1 heterocycles. The van der Waals surface area contributed by atoms with Crippen molar-refractivity contribution in [2.45, 2.75) is 17.1 Å². The van der Waals surface area contributed by atoms with Crippen molar-refractivity contribution < 1.29 is 17.9 Å². The predicted octanol–water partition coefficient (Wildman–Crippen LogP) is 1.36. The van der Waals surface area contributed by atoms with Gasteiger partial charge in [0.1, 0.15) is 11.9 Å². The maximum Gasteiger partial charge on any atom is 0.248 e. The highest BCUT2D eigenvalue weighted by atomic mass is 35.5. The Morgan fingerprint density at radius 3 is 2.50 bits per heavy atom. The third kappa shape index (κ3) is 3.13. The van der Waals surface area contributed by atoms with Crippen LogP contribution in [0.15, 0.2) is 29.2 Å². The number of likely N-dealkylation sites (tertiary alicyclic amines) is 1. The van der Waals surface area contributed by atoms with E-state index in [4.69, 9.17) is 16.3 Å². The number of benzene rings is 1. The highest BCUT2D eigenvalue weighted by Gasteiger charge is 2.40. The van der Waals surface area contributed by atoms with Gasteiger partial charge in [0, 0.05) is 24.7 Å². The molecule has 7 heteroatoms. The first-order chi connectivity index (χ1) is 9.45. The smallest absolute Gasteiger partial charge is 0.248 e. The summed E-state index contributed by atoms with van der Waals surface area (Å²) in [6.45, 7) is 2.71. The fourth-order valence-electron chi connectivity index (χ4n) is 1.94. The minimum absolute atomic E-state index is 0.00418. The van der Waals surface area contributed by atoms with Gasteiger partial charge in [-0.25, -0.2) is 8.42 Å². The summed E-state index contributed by atoms with van der Waals surface area (Å²) in [5.41, 5.74) is 0. The summed E-state index contributed by atoms with van der Waals surface area (Å²) in [6.07, 6.45) is 0. The molecule has 0 N–H and O–H groups in total. The number of carbonyl (C=O) groups is 1. The van der Waals surface area contributed by atoms with E-state index in [1.165, 1.54) is 17.0 Å². The second kappa shape index (κ2) is 6.11. The van der Waals surface area contributed by atoms with Crippen LogP contribution in [0.1, 0.15) is 6.92 Å². The summed E-state index contributed by atoms with van der Waals surface area (Å²) >= 11 is 5.74. The van der Waals surface area contributed by atoms with Gasteiger partial charge in [-0.3, -0.25) is 4.79 Å².